The lowest BCUT2D eigenvalue weighted by Crippen LogP contribution is -2.47. The predicted molar refractivity (Wildman–Crippen MR) is 102 cm³/mol. The van der Waals surface area contributed by atoms with E-state index in [4.69, 9.17) is 10.5 Å². The molecular weight excluding hydrogens is 335 g/mol. The summed E-state index contributed by atoms with van der Waals surface area (Å²) >= 11 is 0. The highest BCUT2D eigenvalue weighted by molar-refractivity contribution is 5.75. The van der Waals surface area contributed by atoms with Gasteiger partial charge in [0.2, 0.25) is 0 Å². The summed E-state index contributed by atoms with van der Waals surface area (Å²) in [5, 5.41) is 3.24. The molecule has 8 heteroatoms. The number of nitrogen functional groups attached to an aromatic ring is 1. The first-order valence-corrected chi connectivity index (χ1v) is 8.78. The molecule has 26 heavy (non-hydrogen) atoms. The van der Waals surface area contributed by atoms with Gasteiger partial charge in [0, 0.05) is 52.1 Å². The van der Waals surface area contributed by atoms with Crippen LogP contribution in [0.25, 0.3) is 0 Å². The van der Waals surface area contributed by atoms with E-state index in [1.165, 1.54) is 18.5 Å². The number of benzene rings is 1. The third-order valence-electron chi connectivity index (χ3n) is 4.45. The van der Waals surface area contributed by atoms with Crippen LogP contribution in [0.4, 0.5) is 27.4 Å². The van der Waals surface area contributed by atoms with Crippen LogP contribution in [0.2, 0.25) is 0 Å². The van der Waals surface area contributed by atoms with Crippen molar-refractivity contribution in [1.29, 1.82) is 0 Å². The fourth-order valence-corrected chi connectivity index (χ4v) is 3.03. The fourth-order valence-electron chi connectivity index (χ4n) is 3.03. The molecule has 2 aromatic rings. The smallest absolute Gasteiger partial charge is 0.157 e. The van der Waals surface area contributed by atoms with E-state index < -0.39 is 0 Å². The number of methoxy groups -OCH3 is 1. The lowest BCUT2D eigenvalue weighted by atomic mass is 10.2. The number of ether oxygens (including phenoxy) is 1. The third kappa shape index (κ3) is 4.32. The first kappa shape index (κ1) is 18.2. The van der Waals surface area contributed by atoms with Gasteiger partial charge in [0.1, 0.15) is 17.8 Å². The molecule has 0 atom stereocenters. The molecular formula is C18H25FN6O. The number of nitrogens with two attached hydrogens (primary N) is 1. The van der Waals surface area contributed by atoms with Crippen LogP contribution in [-0.2, 0) is 4.74 Å². The Morgan fingerprint density at radius 2 is 1.81 bits per heavy atom. The third-order valence-corrected chi connectivity index (χ3v) is 4.45. The Morgan fingerprint density at radius 3 is 2.50 bits per heavy atom. The van der Waals surface area contributed by atoms with Crippen molar-refractivity contribution in [3.63, 3.8) is 0 Å². The summed E-state index contributed by atoms with van der Waals surface area (Å²) in [6.07, 6.45) is 2.42. The average molecular weight is 360 g/mol. The Balaban J connectivity index is 1.61. The number of piperazine rings is 1. The number of hydrogen-bond donors (Lipinski definition) is 2. The molecule has 0 saturated carbocycles. The summed E-state index contributed by atoms with van der Waals surface area (Å²) in [5.74, 6) is 1.20. The highest BCUT2D eigenvalue weighted by Gasteiger charge is 2.21. The summed E-state index contributed by atoms with van der Waals surface area (Å²) in [6.45, 7) is 4.67. The summed E-state index contributed by atoms with van der Waals surface area (Å²) in [7, 11) is 1.68. The fraction of sp³-hybridized carbons (Fsp3) is 0.444. The van der Waals surface area contributed by atoms with E-state index in [0.717, 1.165) is 50.6 Å². The van der Waals surface area contributed by atoms with Gasteiger partial charge >= 0.3 is 0 Å². The molecule has 2 heterocycles. The molecule has 0 spiro atoms. The quantitative estimate of drug-likeness (QED) is 0.731. The van der Waals surface area contributed by atoms with Gasteiger partial charge in [-0.15, -0.1) is 0 Å². The number of hydrogen-bond acceptors (Lipinski definition) is 7. The van der Waals surface area contributed by atoms with Gasteiger partial charge in [0.25, 0.3) is 0 Å². The SMILES string of the molecule is COCCCNc1ncnc(N2CCN(c3ccc(F)cc3)CC2)c1N. The normalized spacial score (nSPS) is 14.5. The van der Waals surface area contributed by atoms with E-state index in [2.05, 4.69) is 25.1 Å². The highest BCUT2D eigenvalue weighted by Crippen LogP contribution is 2.27. The van der Waals surface area contributed by atoms with Crippen molar-refractivity contribution in [2.75, 3.05) is 67.3 Å². The maximum Gasteiger partial charge on any atom is 0.157 e. The van der Waals surface area contributed by atoms with Crippen molar-refractivity contribution >= 4 is 23.0 Å². The van der Waals surface area contributed by atoms with Gasteiger partial charge in [-0.3, -0.25) is 0 Å². The van der Waals surface area contributed by atoms with Gasteiger partial charge in [-0.25, -0.2) is 14.4 Å². The lowest BCUT2D eigenvalue weighted by Gasteiger charge is -2.37. The van der Waals surface area contributed by atoms with Crippen LogP contribution in [0, 0.1) is 5.82 Å². The second-order valence-electron chi connectivity index (χ2n) is 6.18. The van der Waals surface area contributed by atoms with Crippen LogP contribution in [-0.4, -0.2) is 56.4 Å². The number of anilines is 4. The summed E-state index contributed by atoms with van der Waals surface area (Å²) < 4.78 is 18.1. The van der Waals surface area contributed by atoms with Crippen LogP contribution in [0.3, 0.4) is 0 Å². The zero-order valence-corrected chi connectivity index (χ0v) is 15.0. The van der Waals surface area contributed by atoms with Gasteiger partial charge in [0.05, 0.1) is 0 Å². The second-order valence-corrected chi connectivity index (χ2v) is 6.18. The minimum Gasteiger partial charge on any atom is -0.393 e. The van der Waals surface area contributed by atoms with Gasteiger partial charge in [-0.2, -0.15) is 0 Å². The van der Waals surface area contributed by atoms with E-state index >= 15 is 0 Å². The summed E-state index contributed by atoms with van der Waals surface area (Å²) in [6, 6.07) is 6.61. The van der Waals surface area contributed by atoms with Crippen molar-refractivity contribution in [2.45, 2.75) is 6.42 Å². The maximum absolute atomic E-state index is 13.1. The number of nitrogens with zero attached hydrogens (tertiary/aromatic N) is 4. The molecule has 7 nitrogen and oxygen atoms in total. The lowest BCUT2D eigenvalue weighted by molar-refractivity contribution is 0.198. The molecule has 1 aliphatic heterocycles. The summed E-state index contributed by atoms with van der Waals surface area (Å²) in [5.41, 5.74) is 7.88. The van der Waals surface area contributed by atoms with Crippen molar-refractivity contribution in [3.8, 4) is 0 Å². The Hall–Kier alpha value is -2.61. The second kappa shape index (κ2) is 8.66. The molecule has 1 aromatic carbocycles. The largest absolute Gasteiger partial charge is 0.393 e. The Bertz CT molecular complexity index is 703. The molecule has 0 radical (unpaired) electrons. The molecule has 1 saturated heterocycles. The zero-order chi connectivity index (χ0) is 18.4. The minimum absolute atomic E-state index is 0.216. The topological polar surface area (TPSA) is 79.5 Å². The molecule has 0 unspecified atom stereocenters. The molecule has 0 amide bonds. The molecule has 3 rings (SSSR count). The van der Waals surface area contributed by atoms with Crippen LogP contribution in [0.1, 0.15) is 6.42 Å². The van der Waals surface area contributed by atoms with E-state index in [1.807, 2.05) is 12.1 Å². The van der Waals surface area contributed by atoms with Gasteiger partial charge in [0.15, 0.2) is 11.6 Å². The van der Waals surface area contributed by atoms with E-state index in [0.29, 0.717) is 18.1 Å². The van der Waals surface area contributed by atoms with Gasteiger partial charge in [-0.05, 0) is 30.7 Å². The number of rotatable bonds is 7. The molecule has 3 N–H and O–H groups in total. The van der Waals surface area contributed by atoms with Crippen LogP contribution in [0.5, 0.6) is 0 Å². The molecule has 1 aliphatic rings. The minimum atomic E-state index is -0.216. The highest BCUT2D eigenvalue weighted by atomic mass is 19.1. The molecule has 0 bridgehead atoms. The molecule has 1 aromatic heterocycles. The van der Waals surface area contributed by atoms with E-state index in [1.54, 1.807) is 7.11 Å². The Morgan fingerprint density at radius 1 is 1.12 bits per heavy atom. The summed E-state index contributed by atoms with van der Waals surface area (Å²) in [4.78, 5) is 13.0. The van der Waals surface area contributed by atoms with Crippen molar-refractivity contribution in [2.24, 2.45) is 0 Å². The van der Waals surface area contributed by atoms with Crippen LogP contribution < -0.4 is 20.9 Å². The average Bonchev–Trinajstić information content (AvgIpc) is 2.67. The van der Waals surface area contributed by atoms with Crippen molar-refractivity contribution < 1.29 is 9.13 Å². The Labute approximate surface area is 153 Å². The first-order valence-electron chi connectivity index (χ1n) is 8.78. The number of nitrogens with one attached hydrogen (secondary N) is 1. The van der Waals surface area contributed by atoms with Crippen molar-refractivity contribution in [3.05, 3.63) is 36.4 Å². The molecule has 1 fully saturated rings. The Kier molecular flexibility index (Phi) is 6.06. The monoisotopic (exact) mass is 360 g/mol. The predicted octanol–water partition coefficient (Wildman–Crippen LogP) is 1.97. The van der Waals surface area contributed by atoms with Crippen LogP contribution in [0.15, 0.2) is 30.6 Å². The number of aromatic nitrogens is 2. The maximum atomic E-state index is 13.1. The zero-order valence-electron chi connectivity index (χ0n) is 15.0. The number of halogens is 1. The molecule has 0 aliphatic carbocycles. The van der Waals surface area contributed by atoms with Crippen molar-refractivity contribution in [1.82, 2.24) is 9.97 Å². The molecule has 140 valence electrons. The standard InChI is InChI=1S/C18H25FN6O/c1-26-12-2-7-21-17-16(20)18(23-13-22-17)25-10-8-24(9-11-25)15-5-3-14(19)4-6-15/h3-6,13H,2,7-12,20H2,1H3,(H,21,22,23). The first-order chi connectivity index (χ1) is 12.7. The van der Waals surface area contributed by atoms with Gasteiger partial charge < -0.3 is 25.6 Å². The van der Waals surface area contributed by atoms with E-state index in [9.17, 15) is 4.39 Å². The van der Waals surface area contributed by atoms with Gasteiger partial charge in [-0.1, -0.05) is 0 Å². The van der Waals surface area contributed by atoms with E-state index in [-0.39, 0.29) is 5.82 Å². The van der Waals surface area contributed by atoms with Crippen LogP contribution >= 0.6 is 0 Å².